The molecule has 0 fully saturated rings. The van der Waals surface area contributed by atoms with Gasteiger partial charge in [0.15, 0.2) is 11.6 Å². The van der Waals surface area contributed by atoms with Crippen LogP contribution in [0.15, 0.2) is 71.2 Å². The number of benzene rings is 2. The van der Waals surface area contributed by atoms with Crippen molar-refractivity contribution in [2.45, 2.75) is 70.6 Å². The third-order valence-electron chi connectivity index (χ3n) is 7.03. The molecule has 0 radical (unpaired) electrons. The minimum Gasteiger partial charge on any atom is -0.465 e. The van der Waals surface area contributed by atoms with Gasteiger partial charge in [0, 0.05) is 42.7 Å². The number of esters is 1. The molecule has 2 aliphatic carbocycles. The second-order valence-corrected chi connectivity index (χ2v) is 10.6. The van der Waals surface area contributed by atoms with Gasteiger partial charge in [-0.15, -0.1) is 0 Å². The molecule has 0 amide bonds. The summed E-state index contributed by atoms with van der Waals surface area (Å²) in [7, 11) is 0. The van der Waals surface area contributed by atoms with E-state index in [2.05, 4.69) is 20.8 Å². The summed E-state index contributed by atoms with van der Waals surface area (Å²) in [6.07, 6.45) is 3.81. The monoisotopic (exact) mass is 470 g/mol. The lowest BCUT2D eigenvalue weighted by Gasteiger charge is -2.36. The topological polar surface area (TPSA) is 69.7 Å². The van der Waals surface area contributed by atoms with Gasteiger partial charge in [-0.1, -0.05) is 45.0 Å². The number of carbonyl (C=O) groups excluding carboxylic acids is 3. The fourth-order valence-corrected chi connectivity index (χ4v) is 5.18. The summed E-state index contributed by atoms with van der Waals surface area (Å²) < 4.78 is 11.8. The molecular formula is C30H30O5. The summed E-state index contributed by atoms with van der Waals surface area (Å²) >= 11 is 0. The Bertz CT molecular complexity index is 1230. The molecular weight excluding hydrogens is 440 g/mol. The van der Waals surface area contributed by atoms with Crippen LogP contribution in [0.1, 0.15) is 86.7 Å². The van der Waals surface area contributed by atoms with Crippen molar-refractivity contribution >= 4 is 17.5 Å². The fraction of sp³-hybridized carbons (Fsp3) is 0.367. The van der Waals surface area contributed by atoms with Crippen LogP contribution < -0.4 is 4.74 Å². The average molecular weight is 471 g/mol. The van der Waals surface area contributed by atoms with Crippen molar-refractivity contribution in [3.05, 3.63) is 87.9 Å². The third-order valence-corrected chi connectivity index (χ3v) is 7.03. The number of rotatable bonds is 3. The van der Waals surface area contributed by atoms with Crippen molar-refractivity contribution in [3.63, 3.8) is 0 Å². The van der Waals surface area contributed by atoms with Gasteiger partial charge in [-0.3, -0.25) is 9.59 Å². The van der Waals surface area contributed by atoms with E-state index in [0.29, 0.717) is 59.7 Å². The van der Waals surface area contributed by atoms with Gasteiger partial charge in [-0.2, -0.15) is 0 Å². The van der Waals surface area contributed by atoms with Gasteiger partial charge in [-0.25, -0.2) is 4.79 Å². The summed E-state index contributed by atoms with van der Waals surface area (Å²) in [6.45, 7) is 6.37. The first kappa shape index (κ1) is 23.3. The summed E-state index contributed by atoms with van der Waals surface area (Å²) in [5.74, 6) is 0.915. The molecule has 2 aromatic carbocycles. The Morgan fingerprint density at radius 1 is 0.857 bits per heavy atom. The first-order chi connectivity index (χ1) is 16.7. The number of allylic oxidation sites excluding steroid dienone is 4. The molecule has 0 unspecified atom stereocenters. The SMILES string of the molecule is CC(C)(C)c1ccc(C(=O)Oc2cccc(C3C4=C(CCCC4=O)OC4=C3C(=O)CCC4)c2)cc1. The normalized spacial score (nSPS) is 18.7. The highest BCUT2D eigenvalue weighted by molar-refractivity contribution is 6.05. The van der Waals surface area contributed by atoms with Crippen LogP contribution >= 0.6 is 0 Å². The second-order valence-electron chi connectivity index (χ2n) is 10.6. The minimum absolute atomic E-state index is 0.00530. The van der Waals surface area contributed by atoms with E-state index < -0.39 is 11.9 Å². The number of ketones is 2. The van der Waals surface area contributed by atoms with Crippen LogP contribution in [-0.4, -0.2) is 17.5 Å². The number of hydrogen-bond donors (Lipinski definition) is 0. The maximum absolute atomic E-state index is 13.0. The molecule has 1 heterocycles. The fourth-order valence-electron chi connectivity index (χ4n) is 5.18. The van der Waals surface area contributed by atoms with Crippen LogP contribution in [0.4, 0.5) is 0 Å². The highest BCUT2D eigenvalue weighted by atomic mass is 16.5. The lowest BCUT2D eigenvalue weighted by Crippen LogP contribution is -2.30. The zero-order valence-electron chi connectivity index (χ0n) is 20.5. The van der Waals surface area contributed by atoms with E-state index >= 15 is 0 Å². The first-order valence-corrected chi connectivity index (χ1v) is 12.4. The van der Waals surface area contributed by atoms with E-state index in [1.54, 1.807) is 30.3 Å². The molecule has 5 rings (SSSR count). The molecule has 180 valence electrons. The molecule has 3 aliphatic rings. The third kappa shape index (κ3) is 4.47. The molecule has 2 aromatic rings. The molecule has 1 aliphatic heterocycles. The van der Waals surface area contributed by atoms with Gasteiger partial charge in [-0.05, 0) is 53.6 Å². The van der Waals surface area contributed by atoms with Crippen LogP contribution in [0.25, 0.3) is 0 Å². The van der Waals surface area contributed by atoms with Crippen LogP contribution in [0.3, 0.4) is 0 Å². The number of ether oxygens (including phenoxy) is 2. The van der Waals surface area contributed by atoms with Crippen molar-refractivity contribution in [2.75, 3.05) is 0 Å². The van der Waals surface area contributed by atoms with Crippen LogP contribution in [-0.2, 0) is 19.7 Å². The first-order valence-electron chi connectivity index (χ1n) is 12.4. The summed E-state index contributed by atoms with van der Waals surface area (Å²) in [5.41, 5.74) is 3.55. The minimum atomic E-state index is -0.473. The number of Topliss-reactive ketones (excluding diaryl/α,β-unsaturated/α-hetero) is 2. The largest absolute Gasteiger partial charge is 0.465 e. The molecule has 0 aromatic heterocycles. The van der Waals surface area contributed by atoms with E-state index in [1.165, 1.54) is 0 Å². The molecule has 0 N–H and O–H groups in total. The molecule has 0 bridgehead atoms. The highest BCUT2D eigenvalue weighted by Gasteiger charge is 2.41. The van der Waals surface area contributed by atoms with Gasteiger partial charge in [0.2, 0.25) is 0 Å². The lowest BCUT2D eigenvalue weighted by molar-refractivity contribution is -0.117. The van der Waals surface area contributed by atoms with E-state index in [0.717, 1.165) is 24.0 Å². The predicted molar refractivity (Wildman–Crippen MR) is 132 cm³/mol. The van der Waals surface area contributed by atoms with Crippen molar-refractivity contribution in [1.82, 2.24) is 0 Å². The Balaban J connectivity index is 1.47. The standard InChI is InChI=1S/C30H30O5/c1-30(2,3)20-15-13-18(14-16-20)29(33)34-21-8-4-7-19(17-21)26-27-22(31)9-5-11-24(27)35-25-12-6-10-23(32)28(25)26/h4,7-8,13-17,26H,5-6,9-12H2,1-3H3. The van der Waals surface area contributed by atoms with Gasteiger partial charge >= 0.3 is 5.97 Å². The maximum atomic E-state index is 13.0. The van der Waals surface area contributed by atoms with Crippen LogP contribution in [0.5, 0.6) is 5.75 Å². The summed E-state index contributed by atoms with van der Waals surface area (Å²) in [4.78, 5) is 38.8. The molecule has 5 nitrogen and oxygen atoms in total. The van der Waals surface area contributed by atoms with E-state index in [-0.39, 0.29) is 17.0 Å². The summed E-state index contributed by atoms with van der Waals surface area (Å²) in [5, 5.41) is 0. The molecule has 5 heteroatoms. The zero-order chi connectivity index (χ0) is 24.7. The molecule has 0 saturated carbocycles. The van der Waals surface area contributed by atoms with Gasteiger partial charge in [0.25, 0.3) is 0 Å². The molecule has 0 atom stereocenters. The molecule has 35 heavy (non-hydrogen) atoms. The Morgan fingerprint density at radius 3 is 2.03 bits per heavy atom. The van der Waals surface area contributed by atoms with Gasteiger partial charge in [0.05, 0.1) is 5.56 Å². The van der Waals surface area contributed by atoms with Gasteiger partial charge in [0.1, 0.15) is 17.3 Å². The van der Waals surface area contributed by atoms with Crippen LogP contribution in [0.2, 0.25) is 0 Å². The van der Waals surface area contributed by atoms with Crippen molar-refractivity contribution in [3.8, 4) is 5.75 Å². The summed E-state index contributed by atoms with van der Waals surface area (Å²) in [6, 6.07) is 14.6. The van der Waals surface area contributed by atoms with Crippen molar-refractivity contribution < 1.29 is 23.9 Å². The van der Waals surface area contributed by atoms with E-state index in [4.69, 9.17) is 9.47 Å². The van der Waals surface area contributed by atoms with Crippen molar-refractivity contribution in [1.29, 1.82) is 0 Å². The molecule has 0 saturated heterocycles. The lowest BCUT2D eigenvalue weighted by atomic mass is 9.73. The van der Waals surface area contributed by atoms with Crippen molar-refractivity contribution in [2.24, 2.45) is 0 Å². The molecule has 0 spiro atoms. The number of hydrogen-bond acceptors (Lipinski definition) is 5. The Labute approximate surface area is 205 Å². The average Bonchev–Trinajstić information content (AvgIpc) is 2.83. The van der Waals surface area contributed by atoms with E-state index in [1.807, 2.05) is 18.2 Å². The smallest absolute Gasteiger partial charge is 0.343 e. The Kier molecular flexibility index (Phi) is 5.96. The maximum Gasteiger partial charge on any atom is 0.343 e. The van der Waals surface area contributed by atoms with E-state index in [9.17, 15) is 14.4 Å². The predicted octanol–water partition coefficient (Wildman–Crippen LogP) is 6.33. The Morgan fingerprint density at radius 2 is 1.46 bits per heavy atom. The number of carbonyl (C=O) groups is 3. The Hall–Kier alpha value is -3.47. The quantitative estimate of drug-likeness (QED) is 0.387. The highest BCUT2D eigenvalue weighted by Crippen LogP contribution is 2.48. The zero-order valence-corrected chi connectivity index (χ0v) is 20.5. The second kappa shape index (κ2) is 8.95. The van der Waals surface area contributed by atoms with Gasteiger partial charge < -0.3 is 9.47 Å². The van der Waals surface area contributed by atoms with Crippen LogP contribution in [0, 0.1) is 0 Å².